The molecule has 2 aromatic rings. The molecular weight excluding hydrogens is 320 g/mol. The normalized spacial score (nSPS) is 10.5. The minimum atomic E-state index is -0.403. The van der Waals surface area contributed by atoms with Crippen molar-refractivity contribution in [1.82, 2.24) is 0 Å². The molecule has 0 saturated carbocycles. The number of hydrogen-bond acceptors (Lipinski definition) is 5. The third-order valence-electron chi connectivity index (χ3n) is 3.65. The van der Waals surface area contributed by atoms with Crippen LogP contribution in [0.4, 0.5) is 0 Å². The van der Waals surface area contributed by atoms with Gasteiger partial charge in [-0.25, -0.2) is 4.79 Å². The SMILES string of the molecule is C=C(C)C(=O)OCCOCCOc1c(C)cc(OC)c2ccccc12. The van der Waals surface area contributed by atoms with Crippen molar-refractivity contribution in [2.24, 2.45) is 0 Å². The molecule has 0 amide bonds. The molecule has 0 saturated heterocycles. The second-order valence-electron chi connectivity index (χ2n) is 5.65. The number of esters is 1. The van der Waals surface area contributed by atoms with Gasteiger partial charge in [0, 0.05) is 16.3 Å². The Morgan fingerprint density at radius 2 is 1.76 bits per heavy atom. The number of carbonyl (C=O) groups excluding carboxylic acids is 1. The lowest BCUT2D eigenvalue weighted by molar-refractivity contribution is -0.140. The summed E-state index contributed by atoms with van der Waals surface area (Å²) in [6, 6.07) is 9.93. The highest BCUT2D eigenvalue weighted by Gasteiger charge is 2.11. The summed E-state index contributed by atoms with van der Waals surface area (Å²) in [7, 11) is 1.66. The third-order valence-corrected chi connectivity index (χ3v) is 3.65. The smallest absolute Gasteiger partial charge is 0.333 e. The van der Waals surface area contributed by atoms with Crippen LogP contribution in [-0.4, -0.2) is 39.5 Å². The number of methoxy groups -OCH3 is 1. The van der Waals surface area contributed by atoms with Gasteiger partial charge in [0.2, 0.25) is 0 Å². The van der Waals surface area contributed by atoms with Crippen LogP contribution in [0.15, 0.2) is 42.5 Å². The highest BCUT2D eigenvalue weighted by atomic mass is 16.6. The Balaban J connectivity index is 1.86. The summed E-state index contributed by atoms with van der Waals surface area (Å²) < 4.78 is 21.7. The largest absolute Gasteiger partial charge is 0.496 e. The molecule has 0 bridgehead atoms. The van der Waals surface area contributed by atoms with Crippen molar-refractivity contribution < 1.29 is 23.7 Å². The van der Waals surface area contributed by atoms with Crippen LogP contribution >= 0.6 is 0 Å². The van der Waals surface area contributed by atoms with E-state index in [-0.39, 0.29) is 6.61 Å². The molecular formula is C20H24O5. The van der Waals surface area contributed by atoms with Crippen LogP contribution in [0, 0.1) is 6.92 Å². The predicted molar refractivity (Wildman–Crippen MR) is 97.3 cm³/mol. The van der Waals surface area contributed by atoms with Crippen LogP contribution in [0.3, 0.4) is 0 Å². The Morgan fingerprint density at radius 3 is 2.44 bits per heavy atom. The van der Waals surface area contributed by atoms with E-state index in [9.17, 15) is 4.79 Å². The molecule has 0 spiro atoms. The molecule has 0 heterocycles. The zero-order chi connectivity index (χ0) is 18.2. The molecule has 0 aromatic heterocycles. The first kappa shape index (κ1) is 18.8. The van der Waals surface area contributed by atoms with Crippen molar-refractivity contribution in [3.63, 3.8) is 0 Å². The van der Waals surface area contributed by atoms with Gasteiger partial charge in [0.05, 0.1) is 20.3 Å². The fourth-order valence-corrected chi connectivity index (χ4v) is 2.43. The number of benzene rings is 2. The first-order valence-corrected chi connectivity index (χ1v) is 8.14. The summed E-state index contributed by atoms with van der Waals surface area (Å²) in [5, 5.41) is 2.02. The number of rotatable bonds is 9. The Labute approximate surface area is 148 Å². The Morgan fingerprint density at radius 1 is 1.08 bits per heavy atom. The van der Waals surface area contributed by atoms with Crippen molar-refractivity contribution in [2.45, 2.75) is 13.8 Å². The molecule has 134 valence electrons. The Kier molecular flexibility index (Phi) is 6.83. The minimum absolute atomic E-state index is 0.205. The van der Waals surface area contributed by atoms with Gasteiger partial charge in [-0.2, -0.15) is 0 Å². The van der Waals surface area contributed by atoms with Crippen molar-refractivity contribution in [1.29, 1.82) is 0 Å². The fraction of sp³-hybridized carbons (Fsp3) is 0.350. The van der Waals surface area contributed by atoms with Crippen LogP contribution in [0.5, 0.6) is 11.5 Å². The van der Waals surface area contributed by atoms with Crippen molar-refractivity contribution >= 4 is 16.7 Å². The summed E-state index contributed by atoms with van der Waals surface area (Å²) in [5.41, 5.74) is 1.39. The van der Waals surface area contributed by atoms with Crippen LogP contribution in [-0.2, 0) is 14.3 Å². The summed E-state index contributed by atoms with van der Waals surface area (Å²) in [4.78, 5) is 11.2. The van der Waals surface area contributed by atoms with Crippen molar-refractivity contribution in [3.8, 4) is 11.5 Å². The van der Waals surface area contributed by atoms with Gasteiger partial charge in [-0.1, -0.05) is 30.8 Å². The van der Waals surface area contributed by atoms with Crippen LogP contribution < -0.4 is 9.47 Å². The van der Waals surface area contributed by atoms with Gasteiger partial charge in [0.25, 0.3) is 0 Å². The number of hydrogen-bond donors (Lipinski definition) is 0. The monoisotopic (exact) mass is 344 g/mol. The van der Waals surface area contributed by atoms with Crippen LogP contribution in [0.2, 0.25) is 0 Å². The molecule has 0 unspecified atom stereocenters. The summed E-state index contributed by atoms with van der Waals surface area (Å²) in [5.74, 6) is 1.25. The zero-order valence-corrected chi connectivity index (χ0v) is 15.0. The second kappa shape index (κ2) is 9.08. The van der Waals surface area contributed by atoms with E-state index in [4.69, 9.17) is 18.9 Å². The van der Waals surface area contributed by atoms with E-state index in [1.807, 2.05) is 37.3 Å². The standard InChI is InChI=1S/C20H24O5/c1-14(2)20(21)25-12-10-23-9-11-24-19-15(3)13-18(22-4)16-7-5-6-8-17(16)19/h5-8,13H,1,9-12H2,2-4H3. The van der Waals surface area contributed by atoms with E-state index in [1.54, 1.807) is 14.0 Å². The Hall–Kier alpha value is -2.53. The Bertz CT molecular complexity index is 751. The van der Waals surface area contributed by atoms with Gasteiger partial charge >= 0.3 is 5.97 Å². The first-order chi connectivity index (χ1) is 12.0. The van der Waals surface area contributed by atoms with Crippen molar-refractivity contribution in [2.75, 3.05) is 33.5 Å². The molecule has 5 heteroatoms. The molecule has 0 fully saturated rings. The second-order valence-corrected chi connectivity index (χ2v) is 5.65. The molecule has 0 aliphatic heterocycles. The molecule has 0 aliphatic carbocycles. The van der Waals surface area contributed by atoms with E-state index in [0.717, 1.165) is 27.8 Å². The van der Waals surface area contributed by atoms with E-state index in [0.29, 0.717) is 25.4 Å². The highest BCUT2D eigenvalue weighted by molar-refractivity contribution is 5.94. The average molecular weight is 344 g/mol. The van der Waals surface area contributed by atoms with Gasteiger partial charge in [-0.15, -0.1) is 0 Å². The van der Waals surface area contributed by atoms with Crippen molar-refractivity contribution in [3.05, 3.63) is 48.0 Å². The third kappa shape index (κ3) is 4.97. The zero-order valence-electron chi connectivity index (χ0n) is 15.0. The molecule has 2 rings (SSSR count). The molecule has 0 radical (unpaired) electrons. The van der Waals surface area contributed by atoms with Gasteiger partial charge in [0.15, 0.2) is 0 Å². The lowest BCUT2D eigenvalue weighted by Gasteiger charge is -2.15. The molecule has 0 atom stereocenters. The quantitative estimate of drug-likeness (QED) is 0.395. The fourth-order valence-electron chi connectivity index (χ4n) is 2.43. The minimum Gasteiger partial charge on any atom is -0.496 e. The summed E-state index contributed by atoms with van der Waals surface area (Å²) >= 11 is 0. The van der Waals surface area contributed by atoms with E-state index < -0.39 is 5.97 Å². The number of carbonyl (C=O) groups is 1. The number of ether oxygens (including phenoxy) is 4. The maximum absolute atomic E-state index is 11.2. The van der Waals surface area contributed by atoms with Crippen LogP contribution in [0.25, 0.3) is 10.8 Å². The van der Waals surface area contributed by atoms with Gasteiger partial charge < -0.3 is 18.9 Å². The molecule has 0 N–H and O–H groups in total. The summed E-state index contributed by atoms with van der Waals surface area (Å²) in [6.45, 7) is 8.46. The van der Waals surface area contributed by atoms with Gasteiger partial charge in [-0.3, -0.25) is 0 Å². The van der Waals surface area contributed by atoms with E-state index >= 15 is 0 Å². The van der Waals surface area contributed by atoms with E-state index in [1.165, 1.54) is 0 Å². The lowest BCUT2D eigenvalue weighted by Crippen LogP contribution is -2.14. The maximum Gasteiger partial charge on any atom is 0.333 e. The predicted octanol–water partition coefficient (Wildman–Crippen LogP) is 3.67. The highest BCUT2D eigenvalue weighted by Crippen LogP contribution is 2.36. The van der Waals surface area contributed by atoms with Gasteiger partial charge in [0.1, 0.15) is 24.7 Å². The molecule has 25 heavy (non-hydrogen) atoms. The number of fused-ring (bicyclic) bond motifs is 1. The summed E-state index contributed by atoms with van der Waals surface area (Å²) in [6.07, 6.45) is 0. The first-order valence-electron chi connectivity index (χ1n) is 8.14. The lowest BCUT2D eigenvalue weighted by atomic mass is 10.0. The average Bonchev–Trinajstić information content (AvgIpc) is 2.61. The van der Waals surface area contributed by atoms with E-state index in [2.05, 4.69) is 6.58 Å². The topological polar surface area (TPSA) is 54.0 Å². The molecule has 5 nitrogen and oxygen atoms in total. The van der Waals surface area contributed by atoms with Crippen LogP contribution in [0.1, 0.15) is 12.5 Å². The molecule has 2 aromatic carbocycles. The maximum atomic E-state index is 11.2. The van der Waals surface area contributed by atoms with Gasteiger partial charge in [-0.05, 0) is 25.5 Å². The number of aryl methyl sites for hydroxylation is 1. The molecule has 0 aliphatic rings.